The molecule has 0 N–H and O–H groups in total. The Morgan fingerprint density at radius 2 is 2.25 bits per heavy atom. The Morgan fingerprint density at radius 1 is 1.56 bits per heavy atom. The van der Waals surface area contributed by atoms with Gasteiger partial charge in [-0.25, -0.2) is 0 Å². The summed E-state index contributed by atoms with van der Waals surface area (Å²) >= 11 is 0. The summed E-state index contributed by atoms with van der Waals surface area (Å²) in [5.41, 5.74) is -0.325. The van der Waals surface area contributed by atoms with Crippen molar-refractivity contribution >= 4 is 0 Å². The van der Waals surface area contributed by atoms with Crippen molar-refractivity contribution in [3.63, 3.8) is 0 Å². The van der Waals surface area contributed by atoms with Crippen LogP contribution in [0.25, 0.3) is 0 Å². The second kappa shape index (κ2) is 5.02. The maximum absolute atomic E-state index is 8.85. The van der Waals surface area contributed by atoms with Gasteiger partial charge in [-0.15, -0.1) is 0 Å². The second-order valence-electron chi connectivity index (χ2n) is 4.84. The first-order chi connectivity index (χ1) is 7.44. The van der Waals surface area contributed by atoms with Gasteiger partial charge in [-0.3, -0.25) is 4.68 Å². The van der Waals surface area contributed by atoms with Gasteiger partial charge >= 0.3 is 0 Å². The summed E-state index contributed by atoms with van der Waals surface area (Å²) < 4.78 is 7.39. The summed E-state index contributed by atoms with van der Waals surface area (Å²) in [6.45, 7) is 8.50. The third kappa shape index (κ3) is 3.58. The molecule has 0 fully saturated rings. The topological polar surface area (TPSA) is 50.8 Å². The van der Waals surface area contributed by atoms with Gasteiger partial charge in [0.1, 0.15) is 0 Å². The molecule has 0 bridgehead atoms. The van der Waals surface area contributed by atoms with Crippen LogP contribution in [-0.4, -0.2) is 16.4 Å². The van der Waals surface area contributed by atoms with Crippen LogP contribution in [0.4, 0.5) is 0 Å². The van der Waals surface area contributed by atoms with Crippen molar-refractivity contribution in [3.05, 3.63) is 12.4 Å². The third-order valence-corrected chi connectivity index (χ3v) is 2.41. The highest BCUT2D eigenvalue weighted by atomic mass is 16.5. The molecule has 4 heteroatoms. The van der Waals surface area contributed by atoms with E-state index >= 15 is 0 Å². The first-order valence-corrected chi connectivity index (χ1v) is 5.53. The Morgan fingerprint density at radius 3 is 2.75 bits per heavy atom. The molecule has 0 atom stereocenters. The monoisotopic (exact) mass is 221 g/mol. The molecule has 0 spiro atoms. The summed E-state index contributed by atoms with van der Waals surface area (Å²) in [6, 6.07) is 2.59. The van der Waals surface area contributed by atoms with E-state index in [2.05, 4.69) is 25.0 Å². The molecule has 0 radical (unpaired) electrons. The maximum Gasteiger partial charge on any atom is 0.157 e. The van der Waals surface area contributed by atoms with Crippen LogP contribution < -0.4 is 4.74 Å². The van der Waals surface area contributed by atoms with Crippen molar-refractivity contribution in [3.8, 4) is 11.8 Å². The average molecular weight is 221 g/mol. The van der Waals surface area contributed by atoms with E-state index in [0.29, 0.717) is 12.6 Å². The Bertz CT molecular complexity index is 374. The SMILES string of the molecule is CC(C)n1cc(OCCC(C)(C)C#N)cn1. The first-order valence-electron chi connectivity index (χ1n) is 5.53. The van der Waals surface area contributed by atoms with E-state index in [4.69, 9.17) is 10.00 Å². The normalized spacial score (nSPS) is 11.5. The van der Waals surface area contributed by atoms with Crippen molar-refractivity contribution in [2.24, 2.45) is 5.41 Å². The molecular formula is C12H19N3O. The Hall–Kier alpha value is -1.50. The molecule has 16 heavy (non-hydrogen) atoms. The number of aromatic nitrogens is 2. The van der Waals surface area contributed by atoms with Gasteiger partial charge in [0.2, 0.25) is 0 Å². The van der Waals surface area contributed by atoms with Crippen molar-refractivity contribution in [1.82, 2.24) is 9.78 Å². The summed E-state index contributed by atoms with van der Waals surface area (Å²) in [5, 5.41) is 13.0. The van der Waals surface area contributed by atoms with Crippen LogP contribution in [-0.2, 0) is 0 Å². The molecule has 0 aliphatic carbocycles. The number of ether oxygens (including phenoxy) is 1. The molecule has 0 aromatic carbocycles. The summed E-state index contributed by atoms with van der Waals surface area (Å²) in [4.78, 5) is 0. The van der Waals surface area contributed by atoms with E-state index in [1.807, 2.05) is 24.7 Å². The van der Waals surface area contributed by atoms with Crippen molar-refractivity contribution in [2.45, 2.75) is 40.2 Å². The highest BCUT2D eigenvalue weighted by Crippen LogP contribution is 2.19. The van der Waals surface area contributed by atoms with Gasteiger partial charge in [-0.1, -0.05) is 0 Å². The number of nitriles is 1. The van der Waals surface area contributed by atoms with E-state index in [-0.39, 0.29) is 5.41 Å². The summed E-state index contributed by atoms with van der Waals surface area (Å²) in [6.07, 6.45) is 4.31. The molecule has 4 nitrogen and oxygen atoms in total. The van der Waals surface area contributed by atoms with Crippen LogP contribution in [0.3, 0.4) is 0 Å². The minimum Gasteiger partial charge on any atom is -0.490 e. The molecule has 0 amide bonds. The average Bonchev–Trinajstić information content (AvgIpc) is 2.66. The lowest BCUT2D eigenvalue weighted by Crippen LogP contribution is -2.13. The van der Waals surface area contributed by atoms with Crippen molar-refractivity contribution in [2.75, 3.05) is 6.61 Å². The highest BCUT2D eigenvalue weighted by molar-refractivity contribution is 5.12. The fourth-order valence-electron chi connectivity index (χ4n) is 1.16. The van der Waals surface area contributed by atoms with E-state index in [9.17, 15) is 0 Å². The standard InChI is InChI=1S/C12H19N3O/c1-10(2)15-8-11(7-14-15)16-6-5-12(3,4)9-13/h7-8,10H,5-6H2,1-4H3. The van der Waals surface area contributed by atoms with Gasteiger partial charge in [-0.2, -0.15) is 10.4 Å². The van der Waals surface area contributed by atoms with Crippen LogP contribution >= 0.6 is 0 Å². The lowest BCUT2D eigenvalue weighted by atomic mass is 9.92. The Balaban J connectivity index is 2.41. The van der Waals surface area contributed by atoms with Gasteiger partial charge in [-0.05, 0) is 34.1 Å². The van der Waals surface area contributed by atoms with Crippen LogP contribution in [0, 0.1) is 16.7 Å². The fraction of sp³-hybridized carbons (Fsp3) is 0.667. The minimum absolute atomic E-state index is 0.325. The lowest BCUT2D eigenvalue weighted by Gasteiger charge is -2.14. The number of nitrogens with zero attached hydrogens (tertiary/aromatic N) is 3. The van der Waals surface area contributed by atoms with Crippen molar-refractivity contribution in [1.29, 1.82) is 5.26 Å². The molecule has 1 aromatic rings. The highest BCUT2D eigenvalue weighted by Gasteiger charge is 2.16. The van der Waals surface area contributed by atoms with Gasteiger partial charge in [0.15, 0.2) is 5.75 Å². The summed E-state index contributed by atoms with van der Waals surface area (Å²) in [5.74, 6) is 0.766. The molecule has 0 saturated carbocycles. The minimum atomic E-state index is -0.325. The molecule has 0 aliphatic rings. The van der Waals surface area contributed by atoms with Crippen molar-refractivity contribution < 1.29 is 4.74 Å². The molecule has 0 aliphatic heterocycles. The van der Waals surface area contributed by atoms with E-state index < -0.39 is 0 Å². The molecule has 0 saturated heterocycles. The third-order valence-electron chi connectivity index (χ3n) is 2.41. The van der Waals surface area contributed by atoms with Gasteiger partial charge in [0.25, 0.3) is 0 Å². The van der Waals surface area contributed by atoms with Crippen LogP contribution in [0.2, 0.25) is 0 Å². The maximum atomic E-state index is 8.85. The molecule has 0 unspecified atom stereocenters. The molecule has 1 aromatic heterocycles. The Labute approximate surface area is 96.8 Å². The molecule has 88 valence electrons. The number of rotatable bonds is 5. The van der Waals surface area contributed by atoms with Gasteiger partial charge in [0.05, 0.1) is 30.5 Å². The van der Waals surface area contributed by atoms with Gasteiger partial charge in [0, 0.05) is 6.04 Å². The largest absolute Gasteiger partial charge is 0.490 e. The van der Waals surface area contributed by atoms with Crippen LogP contribution in [0.1, 0.15) is 40.2 Å². The lowest BCUT2D eigenvalue weighted by molar-refractivity contribution is 0.264. The molecule has 1 rings (SSSR count). The Kier molecular flexibility index (Phi) is 3.94. The van der Waals surface area contributed by atoms with Gasteiger partial charge < -0.3 is 4.74 Å². The number of hydrogen-bond donors (Lipinski definition) is 0. The van der Waals surface area contributed by atoms with Crippen LogP contribution in [0.5, 0.6) is 5.75 Å². The second-order valence-corrected chi connectivity index (χ2v) is 4.84. The molecule has 1 heterocycles. The van der Waals surface area contributed by atoms with E-state index in [1.54, 1.807) is 6.20 Å². The summed E-state index contributed by atoms with van der Waals surface area (Å²) in [7, 11) is 0. The predicted octanol–water partition coefficient (Wildman–Crippen LogP) is 2.78. The van der Waals surface area contributed by atoms with Crippen LogP contribution in [0.15, 0.2) is 12.4 Å². The zero-order chi connectivity index (χ0) is 12.2. The quantitative estimate of drug-likeness (QED) is 0.768. The first kappa shape index (κ1) is 12.6. The predicted molar refractivity (Wildman–Crippen MR) is 62.1 cm³/mol. The fourth-order valence-corrected chi connectivity index (χ4v) is 1.16. The zero-order valence-corrected chi connectivity index (χ0v) is 10.4. The van der Waals surface area contributed by atoms with E-state index in [0.717, 1.165) is 12.2 Å². The number of hydrogen-bond acceptors (Lipinski definition) is 3. The zero-order valence-electron chi connectivity index (χ0n) is 10.4. The molecular weight excluding hydrogens is 202 g/mol. The smallest absolute Gasteiger partial charge is 0.157 e. The van der Waals surface area contributed by atoms with E-state index in [1.165, 1.54) is 0 Å².